The summed E-state index contributed by atoms with van der Waals surface area (Å²) in [5, 5.41) is 30.1. The molecule has 0 aliphatic heterocycles. The van der Waals surface area contributed by atoms with E-state index in [0.717, 1.165) is 104 Å². The molecule has 2 N–H and O–H groups in total. The first-order valence-electron chi connectivity index (χ1n) is 19.8. The molecule has 3 heterocycles. The van der Waals surface area contributed by atoms with Crippen LogP contribution < -0.4 is 5.46 Å². The lowest BCUT2D eigenvalue weighted by atomic mass is 9.80. The molecule has 0 fully saturated rings. The highest BCUT2D eigenvalue weighted by molar-refractivity contribution is 6.59. The first-order valence-corrected chi connectivity index (χ1v) is 19.8. The van der Waals surface area contributed by atoms with Gasteiger partial charge in [-0.1, -0.05) is 133 Å². The summed E-state index contributed by atoms with van der Waals surface area (Å²) in [4.78, 5) is 10.8. The van der Waals surface area contributed by atoms with E-state index in [2.05, 4.69) is 155 Å². The van der Waals surface area contributed by atoms with Gasteiger partial charge in [-0.15, -0.1) is 0 Å². The van der Waals surface area contributed by atoms with Crippen molar-refractivity contribution in [2.75, 3.05) is 0 Å². The first kappa shape index (κ1) is 33.6. The summed E-state index contributed by atoms with van der Waals surface area (Å²) in [5.74, 6) is 0.618. The topological polar surface area (TPSA) is 76.1 Å². The van der Waals surface area contributed by atoms with E-state index in [9.17, 15) is 10.0 Å². The molecule has 0 aliphatic carbocycles. The van der Waals surface area contributed by atoms with Crippen LogP contribution in [0.5, 0.6) is 0 Å². The number of hydrogen-bond donors (Lipinski definition) is 2. The Hall–Kier alpha value is -7.58. The molecule has 0 atom stereocenters. The van der Waals surface area contributed by atoms with Gasteiger partial charge < -0.3 is 14.6 Å². The number of hydrogen-bond acceptors (Lipinski definition) is 4. The number of para-hydroxylation sites is 1. The highest BCUT2D eigenvalue weighted by Crippen LogP contribution is 2.41. The molecule has 6 nitrogen and oxygen atoms in total. The van der Waals surface area contributed by atoms with E-state index in [4.69, 9.17) is 9.97 Å². The van der Waals surface area contributed by atoms with Gasteiger partial charge in [0.05, 0.1) is 33.3 Å². The van der Waals surface area contributed by atoms with E-state index in [1.54, 1.807) is 6.07 Å². The van der Waals surface area contributed by atoms with Gasteiger partial charge in [0.2, 0.25) is 5.95 Å². The van der Waals surface area contributed by atoms with Crippen molar-refractivity contribution in [3.05, 3.63) is 188 Å². The molecule has 0 unspecified atom stereocenters. The van der Waals surface area contributed by atoms with Crippen LogP contribution in [0, 0.1) is 0 Å². The van der Waals surface area contributed by atoms with Crippen LogP contribution in [0.15, 0.2) is 188 Å². The van der Waals surface area contributed by atoms with Crippen molar-refractivity contribution in [2.24, 2.45) is 0 Å². The van der Waals surface area contributed by atoms with Crippen molar-refractivity contribution in [1.82, 2.24) is 19.1 Å². The third kappa shape index (κ3) is 5.16. The fourth-order valence-electron chi connectivity index (χ4n) is 9.19. The number of nitrogens with zero attached hydrogens (tertiary/aromatic N) is 4. The fourth-order valence-corrected chi connectivity index (χ4v) is 9.19. The zero-order chi connectivity index (χ0) is 39.2. The van der Waals surface area contributed by atoms with E-state index in [1.165, 1.54) is 0 Å². The number of aromatic nitrogens is 4. The average Bonchev–Trinajstić information content (AvgIpc) is 3.81. The van der Waals surface area contributed by atoms with Crippen molar-refractivity contribution >= 4 is 88.6 Å². The largest absolute Gasteiger partial charge is 0.488 e. The van der Waals surface area contributed by atoms with Gasteiger partial charge in [-0.25, -0.2) is 9.97 Å². The third-order valence-corrected chi connectivity index (χ3v) is 11.9. The lowest BCUT2D eigenvalue weighted by Crippen LogP contribution is -2.29. The zero-order valence-corrected chi connectivity index (χ0v) is 31.7. The molecule has 0 spiro atoms. The smallest absolute Gasteiger partial charge is 0.423 e. The number of benzene rings is 9. The molecule has 59 heavy (non-hydrogen) atoms. The Morgan fingerprint density at radius 3 is 1.71 bits per heavy atom. The standard InChI is InChI=1S/C52H33BN4O2/c58-53(59)37-23-28-46-43(31-37)42-29-35(21-25-45(42)56(46)38-15-5-2-6-16-38)36-22-26-47-44(30-36)49-39-17-9-7-11-32(39)20-27-48(49)57(47)52-54-50(34-13-3-1-4-14-34)41-24-19-33-12-8-10-18-40(33)51(41)55-52/h1-31,58-59H. The molecule has 3 aromatic heterocycles. The van der Waals surface area contributed by atoms with Crippen molar-refractivity contribution in [3.63, 3.8) is 0 Å². The fraction of sp³-hybridized carbons (Fsp3) is 0. The molecule has 0 radical (unpaired) electrons. The predicted molar refractivity (Wildman–Crippen MR) is 244 cm³/mol. The lowest BCUT2D eigenvalue weighted by Gasteiger charge is -2.13. The Morgan fingerprint density at radius 2 is 0.966 bits per heavy atom. The highest BCUT2D eigenvalue weighted by atomic mass is 16.4. The molecular weight excluding hydrogens is 723 g/mol. The van der Waals surface area contributed by atoms with Crippen LogP contribution in [0.2, 0.25) is 0 Å². The van der Waals surface area contributed by atoms with Gasteiger partial charge in [-0.2, -0.15) is 0 Å². The molecule has 12 rings (SSSR count). The quantitative estimate of drug-likeness (QED) is 0.135. The summed E-state index contributed by atoms with van der Waals surface area (Å²) in [6.07, 6.45) is 0. The van der Waals surface area contributed by atoms with Gasteiger partial charge >= 0.3 is 7.12 Å². The average molecular weight is 757 g/mol. The molecule has 276 valence electrons. The summed E-state index contributed by atoms with van der Waals surface area (Å²) in [6, 6.07) is 65.3. The Bertz CT molecular complexity index is 3650. The minimum absolute atomic E-state index is 0.454. The summed E-state index contributed by atoms with van der Waals surface area (Å²) in [5.41, 5.74) is 10.6. The summed E-state index contributed by atoms with van der Waals surface area (Å²) < 4.78 is 4.47. The Labute approximate surface area is 338 Å². The maximum absolute atomic E-state index is 10.2. The third-order valence-electron chi connectivity index (χ3n) is 11.9. The molecular formula is C52H33BN4O2. The van der Waals surface area contributed by atoms with Crippen LogP contribution in [-0.4, -0.2) is 36.3 Å². The van der Waals surface area contributed by atoms with Gasteiger partial charge in [0.25, 0.3) is 0 Å². The molecule has 0 saturated heterocycles. The van der Waals surface area contributed by atoms with E-state index < -0.39 is 7.12 Å². The van der Waals surface area contributed by atoms with Crippen molar-refractivity contribution in [1.29, 1.82) is 0 Å². The van der Waals surface area contributed by atoms with Crippen molar-refractivity contribution in [2.45, 2.75) is 0 Å². The molecule has 0 aliphatic rings. The molecule has 12 aromatic rings. The maximum Gasteiger partial charge on any atom is 0.488 e. The molecule has 7 heteroatoms. The monoisotopic (exact) mass is 756 g/mol. The van der Waals surface area contributed by atoms with Crippen LogP contribution in [0.4, 0.5) is 0 Å². The van der Waals surface area contributed by atoms with Gasteiger partial charge in [0, 0.05) is 43.6 Å². The molecule has 9 aromatic carbocycles. The van der Waals surface area contributed by atoms with Crippen LogP contribution in [0.25, 0.3) is 110 Å². The minimum atomic E-state index is -1.57. The van der Waals surface area contributed by atoms with E-state index >= 15 is 0 Å². The molecule has 0 amide bonds. The molecule has 0 saturated carbocycles. The Balaban J connectivity index is 1.13. The maximum atomic E-state index is 10.2. The first-order chi connectivity index (χ1) is 29.1. The summed E-state index contributed by atoms with van der Waals surface area (Å²) >= 11 is 0. The SMILES string of the molecule is OB(O)c1ccc2c(c1)c1cc(-c3ccc4c(c3)c3c5ccccc5ccc3n4-c3nc(-c4ccccc4)c4ccc5ccccc5c4n3)ccc1n2-c1ccccc1. The number of fused-ring (bicyclic) bond motifs is 11. The van der Waals surface area contributed by atoms with Crippen molar-refractivity contribution < 1.29 is 10.0 Å². The second-order valence-electron chi connectivity index (χ2n) is 15.2. The summed E-state index contributed by atoms with van der Waals surface area (Å²) in [6.45, 7) is 0. The van der Waals surface area contributed by atoms with Crippen molar-refractivity contribution in [3.8, 4) is 34.0 Å². The lowest BCUT2D eigenvalue weighted by molar-refractivity contribution is 0.426. The molecule has 0 bridgehead atoms. The van der Waals surface area contributed by atoms with Gasteiger partial charge in [0.15, 0.2) is 0 Å². The second-order valence-corrected chi connectivity index (χ2v) is 15.2. The summed E-state index contributed by atoms with van der Waals surface area (Å²) in [7, 11) is -1.57. The van der Waals surface area contributed by atoms with Crippen LogP contribution in [0.1, 0.15) is 0 Å². The highest BCUT2D eigenvalue weighted by Gasteiger charge is 2.22. The normalized spacial score (nSPS) is 11.9. The van der Waals surface area contributed by atoms with Gasteiger partial charge in [-0.3, -0.25) is 4.57 Å². The van der Waals surface area contributed by atoms with Crippen LogP contribution in [0.3, 0.4) is 0 Å². The predicted octanol–water partition coefficient (Wildman–Crippen LogP) is 11.1. The van der Waals surface area contributed by atoms with E-state index in [1.807, 2.05) is 36.4 Å². The van der Waals surface area contributed by atoms with Gasteiger partial charge in [0.1, 0.15) is 0 Å². The second kappa shape index (κ2) is 13.0. The van der Waals surface area contributed by atoms with E-state index in [-0.39, 0.29) is 0 Å². The van der Waals surface area contributed by atoms with Crippen LogP contribution in [-0.2, 0) is 0 Å². The van der Waals surface area contributed by atoms with Gasteiger partial charge in [-0.05, 0) is 87.3 Å². The van der Waals surface area contributed by atoms with Crippen LogP contribution >= 0.6 is 0 Å². The zero-order valence-electron chi connectivity index (χ0n) is 31.7. The number of rotatable bonds is 5. The van der Waals surface area contributed by atoms with E-state index in [0.29, 0.717) is 11.4 Å². The minimum Gasteiger partial charge on any atom is -0.423 e. The Kier molecular flexibility index (Phi) is 7.38. The Morgan fingerprint density at radius 1 is 0.390 bits per heavy atom.